The average molecular weight is 349 g/mol. The van der Waals surface area contributed by atoms with Crippen LogP contribution in [0.15, 0.2) is 54.7 Å². The van der Waals surface area contributed by atoms with E-state index in [0.29, 0.717) is 23.9 Å². The summed E-state index contributed by atoms with van der Waals surface area (Å²) in [6.45, 7) is 2.66. The topological polar surface area (TPSA) is 89.0 Å². The molecule has 0 aliphatic carbocycles. The summed E-state index contributed by atoms with van der Waals surface area (Å²) in [4.78, 5) is 15.8. The number of nitrogens with one attached hydrogen (secondary N) is 2. The molecule has 0 saturated carbocycles. The molecule has 0 radical (unpaired) electrons. The van der Waals surface area contributed by atoms with Gasteiger partial charge in [-0.1, -0.05) is 29.8 Å². The molecule has 26 heavy (non-hydrogen) atoms. The number of rotatable bonds is 6. The second-order valence-corrected chi connectivity index (χ2v) is 5.70. The average Bonchev–Trinajstić information content (AvgIpc) is 2.68. The van der Waals surface area contributed by atoms with Crippen LogP contribution in [0, 0.1) is 6.92 Å². The molecule has 0 atom stereocenters. The van der Waals surface area contributed by atoms with E-state index in [1.54, 1.807) is 24.3 Å². The van der Waals surface area contributed by atoms with E-state index in [2.05, 4.69) is 61.7 Å². The number of hydrogen-bond acceptors (Lipinski definition) is 7. The lowest BCUT2D eigenvalue weighted by atomic mass is 10.1. The van der Waals surface area contributed by atoms with E-state index in [0.717, 1.165) is 11.3 Å². The van der Waals surface area contributed by atoms with Gasteiger partial charge in [-0.3, -0.25) is 0 Å². The largest absolute Gasteiger partial charge is 0.465 e. The molecule has 3 rings (SSSR count). The van der Waals surface area contributed by atoms with Crippen LogP contribution in [0.25, 0.3) is 0 Å². The highest BCUT2D eigenvalue weighted by molar-refractivity contribution is 5.89. The lowest BCUT2D eigenvalue weighted by Gasteiger charge is -2.08. The van der Waals surface area contributed by atoms with Gasteiger partial charge in [0.15, 0.2) is 5.82 Å². The minimum absolute atomic E-state index is 0.372. The van der Waals surface area contributed by atoms with Gasteiger partial charge in [-0.25, -0.2) is 4.79 Å². The fourth-order valence-electron chi connectivity index (χ4n) is 2.28. The van der Waals surface area contributed by atoms with Crippen molar-refractivity contribution in [3.63, 3.8) is 0 Å². The number of benzene rings is 2. The molecule has 0 unspecified atom stereocenters. The number of carbonyl (C=O) groups excluding carboxylic acids is 1. The molecular formula is C19H19N5O2. The van der Waals surface area contributed by atoms with Gasteiger partial charge >= 0.3 is 5.97 Å². The Morgan fingerprint density at radius 2 is 1.81 bits per heavy atom. The third-order valence-electron chi connectivity index (χ3n) is 3.71. The van der Waals surface area contributed by atoms with Gasteiger partial charge < -0.3 is 15.4 Å². The summed E-state index contributed by atoms with van der Waals surface area (Å²) < 4.78 is 4.68. The third-order valence-corrected chi connectivity index (χ3v) is 3.71. The van der Waals surface area contributed by atoms with Crippen LogP contribution < -0.4 is 10.6 Å². The zero-order chi connectivity index (χ0) is 18.4. The van der Waals surface area contributed by atoms with Gasteiger partial charge in [-0.2, -0.15) is 10.1 Å². The fraction of sp³-hybridized carbons (Fsp3) is 0.158. The van der Waals surface area contributed by atoms with Crippen LogP contribution in [0.4, 0.5) is 17.5 Å². The van der Waals surface area contributed by atoms with Crippen LogP contribution in [-0.4, -0.2) is 28.3 Å². The number of hydrogen-bond donors (Lipinski definition) is 2. The molecule has 2 aromatic carbocycles. The molecule has 0 aliphatic rings. The molecule has 3 aromatic rings. The Morgan fingerprint density at radius 3 is 2.50 bits per heavy atom. The van der Waals surface area contributed by atoms with Crippen molar-refractivity contribution in [2.45, 2.75) is 13.5 Å². The summed E-state index contributed by atoms with van der Waals surface area (Å²) in [7, 11) is 1.35. The minimum Gasteiger partial charge on any atom is -0.465 e. The van der Waals surface area contributed by atoms with E-state index in [9.17, 15) is 4.79 Å². The maximum absolute atomic E-state index is 11.5. The van der Waals surface area contributed by atoms with Crippen molar-refractivity contribution in [2.24, 2.45) is 0 Å². The summed E-state index contributed by atoms with van der Waals surface area (Å²) >= 11 is 0. The van der Waals surface area contributed by atoms with E-state index in [1.807, 2.05) is 0 Å². The first-order valence-corrected chi connectivity index (χ1v) is 8.08. The monoisotopic (exact) mass is 349 g/mol. The molecule has 132 valence electrons. The van der Waals surface area contributed by atoms with Gasteiger partial charge in [-0.05, 0) is 36.8 Å². The minimum atomic E-state index is -0.372. The summed E-state index contributed by atoms with van der Waals surface area (Å²) in [6.07, 6.45) is 1.53. The summed E-state index contributed by atoms with van der Waals surface area (Å²) in [6, 6.07) is 15.1. The number of carbonyl (C=O) groups is 1. The van der Waals surface area contributed by atoms with Crippen LogP contribution in [0.3, 0.4) is 0 Å². The molecule has 0 amide bonds. The second kappa shape index (κ2) is 8.06. The Labute approximate surface area is 151 Å². The smallest absolute Gasteiger partial charge is 0.337 e. The molecule has 0 saturated heterocycles. The Balaban J connectivity index is 1.63. The van der Waals surface area contributed by atoms with Gasteiger partial charge in [-0.15, -0.1) is 5.10 Å². The van der Waals surface area contributed by atoms with Gasteiger partial charge in [0.1, 0.15) is 0 Å². The molecule has 0 bridgehead atoms. The molecule has 0 spiro atoms. The van der Waals surface area contributed by atoms with Gasteiger partial charge in [0.2, 0.25) is 5.95 Å². The van der Waals surface area contributed by atoms with Crippen molar-refractivity contribution < 1.29 is 9.53 Å². The predicted octanol–water partition coefficient (Wildman–Crippen LogP) is 3.32. The lowest BCUT2D eigenvalue weighted by molar-refractivity contribution is 0.0601. The van der Waals surface area contributed by atoms with E-state index in [1.165, 1.54) is 18.9 Å². The Morgan fingerprint density at radius 1 is 1.08 bits per heavy atom. The number of aryl methyl sites for hydroxylation is 1. The van der Waals surface area contributed by atoms with Crippen LogP contribution in [0.2, 0.25) is 0 Å². The highest BCUT2D eigenvalue weighted by atomic mass is 16.5. The van der Waals surface area contributed by atoms with Crippen LogP contribution in [0.5, 0.6) is 0 Å². The Bertz CT molecular complexity index is 879. The van der Waals surface area contributed by atoms with Gasteiger partial charge in [0.05, 0.1) is 18.9 Å². The maximum atomic E-state index is 11.5. The second-order valence-electron chi connectivity index (χ2n) is 5.70. The number of esters is 1. The van der Waals surface area contributed by atoms with Crippen LogP contribution >= 0.6 is 0 Å². The first-order chi connectivity index (χ1) is 12.6. The zero-order valence-corrected chi connectivity index (χ0v) is 14.6. The standard InChI is InChI=1S/C19H19N5O2/c1-13-3-5-14(6-4-13)11-20-19-23-17(12-21-24-19)22-16-9-7-15(8-10-16)18(25)26-2/h3-10,12H,11H2,1-2H3,(H2,20,22,23,24). The lowest BCUT2D eigenvalue weighted by Crippen LogP contribution is -2.06. The van der Waals surface area contributed by atoms with Crippen molar-refractivity contribution in [3.05, 3.63) is 71.4 Å². The molecule has 1 aromatic heterocycles. The molecular weight excluding hydrogens is 330 g/mol. The van der Waals surface area contributed by atoms with E-state index in [-0.39, 0.29) is 5.97 Å². The molecule has 0 fully saturated rings. The van der Waals surface area contributed by atoms with Crippen molar-refractivity contribution in [3.8, 4) is 0 Å². The number of anilines is 3. The first-order valence-electron chi connectivity index (χ1n) is 8.08. The number of ether oxygens (including phenoxy) is 1. The van der Waals surface area contributed by atoms with Gasteiger partial charge in [0.25, 0.3) is 0 Å². The van der Waals surface area contributed by atoms with Gasteiger partial charge in [0, 0.05) is 12.2 Å². The summed E-state index contributed by atoms with van der Waals surface area (Å²) in [5.41, 5.74) is 3.62. The highest BCUT2D eigenvalue weighted by Crippen LogP contribution is 2.16. The number of aromatic nitrogens is 3. The van der Waals surface area contributed by atoms with Crippen molar-refractivity contribution >= 4 is 23.4 Å². The molecule has 7 heteroatoms. The number of nitrogens with zero attached hydrogens (tertiary/aromatic N) is 3. The van der Waals surface area contributed by atoms with E-state index in [4.69, 9.17) is 0 Å². The Kier molecular flexibility index (Phi) is 5.38. The molecule has 7 nitrogen and oxygen atoms in total. The third kappa shape index (κ3) is 4.54. The van der Waals surface area contributed by atoms with Crippen molar-refractivity contribution in [2.75, 3.05) is 17.7 Å². The maximum Gasteiger partial charge on any atom is 0.337 e. The molecule has 0 aliphatic heterocycles. The predicted molar refractivity (Wildman–Crippen MR) is 99.4 cm³/mol. The fourth-order valence-corrected chi connectivity index (χ4v) is 2.28. The summed E-state index contributed by atoms with van der Waals surface area (Å²) in [5.74, 6) is 0.613. The molecule has 1 heterocycles. The Hall–Kier alpha value is -3.48. The number of methoxy groups -OCH3 is 1. The van der Waals surface area contributed by atoms with Crippen LogP contribution in [0.1, 0.15) is 21.5 Å². The zero-order valence-electron chi connectivity index (χ0n) is 14.6. The van der Waals surface area contributed by atoms with E-state index >= 15 is 0 Å². The quantitative estimate of drug-likeness (QED) is 0.660. The molecule has 2 N–H and O–H groups in total. The van der Waals surface area contributed by atoms with Crippen LogP contribution in [-0.2, 0) is 11.3 Å². The van der Waals surface area contributed by atoms with Crippen molar-refractivity contribution in [1.29, 1.82) is 0 Å². The first kappa shape index (κ1) is 17.3. The highest BCUT2D eigenvalue weighted by Gasteiger charge is 2.05. The SMILES string of the molecule is COC(=O)c1ccc(Nc2cnnc(NCc3ccc(C)cc3)n2)cc1. The van der Waals surface area contributed by atoms with Crippen molar-refractivity contribution in [1.82, 2.24) is 15.2 Å². The summed E-state index contributed by atoms with van der Waals surface area (Å²) in [5, 5.41) is 14.2. The van der Waals surface area contributed by atoms with E-state index < -0.39 is 0 Å². The normalized spacial score (nSPS) is 10.2.